The van der Waals surface area contributed by atoms with Crippen molar-refractivity contribution in [2.45, 2.75) is 80.3 Å². The molecule has 3 heteroatoms. The molecule has 0 aliphatic carbocycles. The van der Waals surface area contributed by atoms with E-state index in [1.165, 1.54) is 0 Å². The van der Waals surface area contributed by atoms with Gasteiger partial charge in [-0.3, -0.25) is 0 Å². The van der Waals surface area contributed by atoms with Crippen molar-refractivity contribution in [2.24, 2.45) is 17.3 Å². The first-order valence-corrected chi connectivity index (χ1v) is 9.23. The first-order chi connectivity index (χ1) is 11.1. The van der Waals surface area contributed by atoms with Gasteiger partial charge in [-0.1, -0.05) is 59.6 Å². The van der Waals surface area contributed by atoms with Crippen molar-refractivity contribution in [2.75, 3.05) is 6.61 Å². The Kier molecular flexibility index (Phi) is 10.9. The number of allylic oxidation sites excluding steroid dienone is 3. The van der Waals surface area contributed by atoms with E-state index in [0.717, 1.165) is 31.3 Å². The van der Waals surface area contributed by atoms with Gasteiger partial charge in [-0.2, -0.15) is 0 Å². The first-order valence-electron chi connectivity index (χ1n) is 9.23. The van der Waals surface area contributed by atoms with E-state index < -0.39 is 0 Å². The molecule has 0 spiro atoms. The summed E-state index contributed by atoms with van der Waals surface area (Å²) in [5.41, 5.74) is 0.951. The number of ether oxygens (including phenoxy) is 1. The number of esters is 1. The van der Waals surface area contributed by atoms with E-state index in [-0.39, 0.29) is 24.1 Å². The molecule has 0 amide bonds. The molecule has 0 aliphatic heterocycles. The Morgan fingerprint density at radius 2 is 1.83 bits per heavy atom. The molecule has 0 aromatic carbocycles. The van der Waals surface area contributed by atoms with Gasteiger partial charge in [0, 0.05) is 12.7 Å². The van der Waals surface area contributed by atoms with Crippen LogP contribution in [0.3, 0.4) is 0 Å². The standard InChI is InChI=1S/C21H38O3/c1-16(2)19(5)24-20(23)14-18(4)11-8-10-17(3)12-9-13-21(6,7)15-22/h8,11,14,16-17,19,22H,9-10,12-13,15H2,1-7H3/b11-8+,18-14+. The van der Waals surface area contributed by atoms with Crippen LogP contribution in [0.4, 0.5) is 0 Å². The molecule has 2 unspecified atom stereocenters. The molecule has 140 valence electrons. The number of aliphatic hydroxyl groups is 1. The van der Waals surface area contributed by atoms with E-state index in [1.807, 2.05) is 33.8 Å². The van der Waals surface area contributed by atoms with Crippen LogP contribution in [0.2, 0.25) is 0 Å². The van der Waals surface area contributed by atoms with E-state index in [1.54, 1.807) is 6.08 Å². The van der Waals surface area contributed by atoms with Gasteiger partial charge in [-0.25, -0.2) is 4.79 Å². The van der Waals surface area contributed by atoms with Crippen molar-refractivity contribution in [3.8, 4) is 0 Å². The lowest BCUT2D eigenvalue weighted by Gasteiger charge is -2.22. The van der Waals surface area contributed by atoms with Crippen LogP contribution in [0.15, 0.2) is 23.8 Å². The van der Waals surface area contributed by atoms with Crippen LogP contribution >= 0.6 is 0 Å². The second-order valence-corrected chi connectivity index (χ2v) is 8.23. The zero-order valence-electron chi connectivity index (χ0n) is 16.8. The third kappa shape index (κ3) is 11.4. The molecule has 0 heterocycles. The van der Waals surface area contributed by atoms with E-state index in [9.17, 15) is 9.90 Å². The lowest BCUT2D eigenvalue weighted by Crippen LogP contribution is -2.18. The molecule has 0 rings (SSSR count). The number of hydrogen-bond acceptors (Lipinski definition) is 3. The van der Waals surface area contributed by atoms with Crippen molar-refractivity contribution < 1.29 is 14.6 Å². The summed E-state index contributed by atoms with van der Waals surface area (Å²) in [5, 5.41) is 9.26. The van der Waals surface area contributed by atoms with Gasteiger partial charge in [0.05, 0.1) is 0 Å². The molecule has 1 N–H and O–H groups in total. The van der Waals surface area contributed by atoms with Gasteiger partial charge in [0.15, 0.2) is 0 Å². The van der Waals surface area contributed by atoms with Crippen LogP contribution in [-0.2, 0) is 9.53 Å². The van der Waals surface area contributed by atoms with E-state index >= 15 is 0 Å². The Hall–Kier alpha value is -1.09. The van der Waals surface area contributed by atoms with E-state index in [4.69, 9.17) is 4.74 Å². The zero-order valence-corrected chi connectivity index (χ0v) is 16.8. The summed E-state index contributed by atoms with van der Waals surface area (Å²) in [6.45, 7) is 14.6. The molecule has 0 aromatic rings. The number of hydrogen-bond donors (Lipinski definition) is 1. The van der Waals surface area contributed by atoms with Crippen LogP contribution < -0.4 is 0 Å². The lowest BCUT2D eigenvalue weighted by molar-refractivity contribution is -0.144. The van der Waals surface area contributed by atoms with Gasteiger partial charge in [-0.15, -0.1) is 0 Å². The number of aliphatic hydroxyl groups excluding tert-OH is 1. The third-order valence-corrected chi connectivity index (χ3v) is 4.48. The number of rotatable bonds is 11. The van der Waals surface area contributed by atoms with Crippen LogP contribution in [0.25, 0.3) is 0 Å². The summed E-state index contributed by atoms with van der Waals surface area (Å²) in [5.74, 6) is 0.670. The van der Waals surface area contributed by atoms with Crippen LogP contribution in [-0.4, -0.2) is 23.8 Å². The van der Waals surface area contributed by atoms with Gasteiger partial charge in [0.1, 0.15) is 6.10 Å². The Balaban J connectivity index is 4.15. The summed E-state index contributed by atoms with van der Waals surface area (Å²) in [4.78, 5) is 11.8. The fraction of sp³-hybridized carbons (Fsp3) is 0.762. The number of carbonyl (C=O) groups excluding carboxylic acids is 1. The Labute approximate surface area is 149 Å². The molecule has 0 saturated heterocycles. The van der Waals surface area contributed by atoms with Gasteiger partial charge in [-0.05, 0) is 49.5 Å². The highest BCUT2D eigenvalue weighted by molar-refractivity contribution is 5.83. The Morgan fingerprint density at radius 3 is 2.38 bits per heavy atom. The molecule has 24 heavy (non-hydrogen) atoms. The van der Waals surface area contributed by atoms with Crippen LogP contribution in [0.1, 0.15) is 74.1 Å². The molecule has 0 fully saturated rings. The minimum Gasteiger partial charge on any atom is -0.459 e. The quantitative estimate of drug-likeness (QED) is 0.316. The minimum absolute atomic E-state index is 0.0301. The van der Waals surface area contributed by atoms with Crippen molar-refractivity contribution in [3.63, 3.8) is 0 Å². The molecule has 0 radical (unpaired) electrons. The minimum atomic E-state index is -0.266. The summed E-state index contributed by atoms with van der Waals surface area (Å²) < 4.78 is 5.34. The molecule has 0 saturated carbocycles. The molecular weight excluding hydrogens is 300 g/mol. The molecule has 3 nitrogen and oxygen atoms in total. The predicted molar refractivity (Wildman–Crippen MR) is 102 cm³/mol. The zero-order chi connectivity index (χ0) is 18.8. The van der Waals surface area contributed by atoms with E-state index in [2.05, 4.69) is 26.8 Å². The Morgan fingerprint density at radius 1 is 1.21 bits per heavy atom. The van der Waals surface area contributed by atoms with Crippen molar-refractivity contribution in [1.29, 1.82) is 0 Å². The fourth-order valence-electron chi connectivity index (χ4n) is 2.20. The molecule has 0 bridgehead atoms. The maximum Gasteiger partial charge on any atom is 0.331 e. The van der Waals surface area contributed by atoms with Gasteiger partial charge >= 0.3 is 5.97 Å². The molecular formula is C21H38O3. The maximum atomic E-state index is 11.8. The maximum absolute atomic E-state index is 11.8. The van der Waals surface area contributed by atoms with Crippen molar-refractivity contribution in [3.05, 3.63) is 23.8 Å². The number of carbonyl (C=O) groups is 1. The lowest BCUT2D eigenvalue weighted by atomic mass is 9.86. The van der Waals surface area contributed by atoms with Crippen LogP contribution in [0, 0.1) is 17.3 Å². The summed E-state index contributed by atoms with van der Waals surface area (Å²) in [6, 6.07) is 0. The molecule has 0 aromatic heterocycles. The largest absolute Gasteiger partial charge is 0.459 e. The van der Waals surface area contributed by atoms with E-state index in [0.29, 0.717) is 11.8 Å². The fourth-order valence-corrected chi connectivity index (χ4v) is 2.20. The Bertz CT molecular complexity index is 419. The highest BCUT2D eigenvalue weighted by Gasteiger charge is 2.16. The molecule has 2 atom stereocenters. The average Bonchev–Trinajstić information content (AvgIpc) is 2.46. The summed E-state index contributed by atoms with van der Waals surface area (Å²) in [6.07, 6.45) is 9.97. The second-order valence-electron chi connectivity index (χ2n) is 8.23. The second kappa shape index (κ2) is 11.5. The smallest absolute Gasteiger partial charge is 0.331 e. The normalized spacial score (nSPS) is 15.8. The highest BCUT2D eigenvalue weighted by atomic mass is 16.5. The third-order valence-electron chi connectivity index (χ3n) is 4.48. The van der Waals surface area contributed by atoms with Gasteiger partial charge in [0.2, 0.25) is 0 Å². The highest BCUT2D eigenvalue weighted by Crippen LogP contribution is 2.24. The molecule has 0 aliphatic rings. The topological polar surface area (TPSA) is 46.5 Å². The van der Waals surface area contributed by atoms with Crippen LogP contribution in [0.5, 0.6) is 0 Å². The monoisotopic (exact) mass is 338 g/mol. The first kappa shape index (κ1) is 22.9. The SMILES string of the molecule is CC(/C=C/CC(C)CCCC(C)(C)CO)=C\C(=O)OC(C)C(C)C. The van der Waals surface area contributed by atoms with Gasteiger partial charge < -0.3 is 9.84 Å². The summed E-state index contributed by atoms with van der Waals surface area (Å²) in [7, 11) is 0. The average molecular weight is 339 g/mol. The van der Waals surface area contributed by atoms with Gasteiger partial charge in [0.25, 0.3) is 0 Å². The predicted octanol–water partition coefficient (Wildman–Crippen LogP) is 5.29. The van der Waals surface area contributed by atoms with Crippen molar-refractivity contribution in [1.82, 2.24) is 0 Å². The van der Waals surface area contributed by atoms with Crippen molar-refractivity contribution >= 4 is 5.97 Å². The summed E-state index contributed by atoms with van der Waals surface area (Å²) >= 11 is 0.